The molecule has 1 N–H and O–H groups in total. The maximum atomic E-state index is 13.6. The molecule has 194 valence electrons. The molecule has 1 aromatic heterocycles. The fraction of sp³-hybridized carbons (Fsp3) is 0.296. The van der Waals surface area contributed by atoms with Crippen LogP contribution < -0.4 is 15.5 Å². The molecule has 10 heteroatoms. The zero-order valence-electron chi connectivity index (χ0n) is 20.7. The molecule has 1 aliphatic rings. The van der Waals surface area contributed by atoms with Crippen molar-refractivity contribution in [1.82, 2.24) is 9.47 Å². The fourth-order valence-electron chi connectivity index (χ4n) is 3.89. The van der Waals surface area contributed by atoms with Crippen molar-refractivity contribution in [2.24, 2.45) is 0 Å². The monoisotopic (exact) mass is 527 g/mol. The minimum absolute atomic E-state index is 0.0386. The van der Waals surface area contributed by atoms with Crippen LogP contribution in [0.5, 0.6) is 5.75 Å². The second-order valence-corrected chi connectivity index (χ2v) is 10.0. The van der Waals surface area contributed by atoms with E-state index in [1.54, 1.807) is 31.4 Å². The van der Waals surface area contributed by atoms with Gasteiger partial charge in [-0.05, 0) is 44.0 Å². The second kappa shape index (κ2) is 10.6. The Hall–Kier alpha value is -3.85. The highest BCUT2D eigenvalue weighted by Crippen LogP contribution is 2.26. The summed E-state index contributed by atoms with van der Waals surface area (Å²) in [7, 11) is 0. The van der Waals surface area contributed by atoms with Crippen molar-refractivity contribution in [3.8, 4) is 5.75 Å². The van der Waals surface area contributed by atoms with Gasteiger partial charge in [-0.1, -0.05) is 48.0 Å². The van der Waals surface area contributed by atoms with Crippen LogP contribution in [0.15, 0.2) is 59.5 Å². The first-order valence-corrected chi connectivity index (χ1v) is 12.1. The third-order valence-electron chi connectivity index (χ3n) is 5.56. The number of aromatic nitrogens is 1. The van der Waals surface area contributed by atoms with Gasteiger partial charge in [0.1, 0.15) is 23.7 Å². The van der Waals surface area contributed by atoms with E-state index in [1.165, 1.54) is 23.2 Å². The molecule has 2 amide bonds. The van der Waals surface area contributed by atoms with Crippen LogP contribution in [0.25, 0.3) is 0 Å². The zero-order chi connectivity index (χ0) is 26.7. The summed E-state index contributed by atoms with van der Waals surface area (Å²) < 4.78 is 26.4. The highest BCUT2D eigenvalue weighted by atomic mass is 35.5. The van der Waals surface area contributed by atoms with Gasteiger partial charge in [0.25, 0.3) is 5.91 Å². The summed E-state index contributed by atoms with van der Waals surface area (Å²) in [5.41, 5.74) is 0.0365. The summed E-state index contributed by atoms with van der Waals surface area (Å²) in [5.74, 6) is -1.16. The van der Waals surface area contributed by atoms with Crippen LogP contribution in [0, 0.1) is 5.82 Å². The van der Waals surface area contributed by atoms with Crippen LogP contribution >= 0.6 is 11.6 Å². The Balaban J connectivity index is 1.68. The van der Waals surface area contributed by atoms with E-state index >= 15 is 0 Å². The molecule has 0 fully saturated rings. The third-order valence-corrected chi connectivity index (χ3v) is 5.85. The second-order valence-electron chi connectivity index (χ2n) is 9.62. The van der Waals surface area contributed by atoms with Crippen LogP contribution in [0.3, 0.4) is 0 Å². The number of carbonyl (C=O) groups is 2. The largest absolute Gasteiger partial charge is 0.482 e. The molecule has 2 aromatic carbocycles. The molecule has 4 rings (SSSR count). The van der Waals surface area contributed by atoms with E-state index in [4.69, 9.17) is 21.1 Å². The molecule has 0 unspecified atom stereocenters. The Bertz CT molecular complexity index is 1390. The van der Waals surface area contributed by atoms with Crippen molar-refractivity contribution in [1.29, 1.82) is 0 Å². The molecule has 0 radical (unpaired) electrons. The van der Waals surface area contributed by atoms with Gasteiger partial charge in [0, 0.05) is 25.8 Å². The number of nitrogens with one attached hydrogen (secondary N) is 1. The van der Waals surface area contributed by atoms with Crippen molar-refractivity contribution < 1.29 is 23.5 Å². The van der Waals surface area contributed by atoms with Crippen molar-refractivity contribution in [3.05, 3.63) is 92.6 Å². The average molecular weight is 528 g/mol. The molecule has 0 saturated heterocycles. The van der Waals surface area contributed by atoms with Gasteiger partial charge in [-0.3, -0.25) is 14.9 Å². The maximum Gasteiger partial charge on any atom is 0.412 e. The molecular formula is C27H27ClFN3O5. The molecular weight excluding hydrogens is 501 g/mol. The van der Waals surface area contributed by atoms with Crippen LogP contribution in [0.4, 0.5) is 14.9 Å². The number of anilines is 1. The standard InChI is InChI=1S/C27H27ClFN3O5/c1-27(2,3)37-26(35)30-21-15-31-11-12-32(14-18-9-10-20(29)19(28)13-18)25(34)22(31)24(23(21)33)36-16-17-7-5-4-6-8-17/h4-10,13,15H,11-12,14,16H2,1-3H3,(H,30,35). The van der Waals surface area contributed by atoms with Gasteiger partial charge in [-0.15, -0.1) is 0 Å². The van der Waals surface area contributed by atoms with Gasteiger partial charge < -0.3 is 18.9 Å². The summed E-state index contributed by atoms with van der Waals surface area (Å²) in [6.45, 7) is 5.99. The lowest BCUT2D eigenvalue weighted by Crippen LogP contribution is -2.42. The number of rotatable bonds is 6. The Morgan fingerprint density at radius 1 is 1.08 bits per heavy atom. The Kier molecular flexibility index (Phi) is 7.54. The summed E-state index contributed by atoms with van der Waals surface area (Å²) in [6, 6.07) is 13.5. The van der Waals surface area contributed by atoms with Crippen molar-refractivity contribution in [3.63, 3.8) is 0 Å². The number of nitrogens with zero attached hydrogens (tertiary/aromatic N) is 2. The molecule has 3 aromatic rings. The maximum absolute atomic E-state index is 13.6. The van der Waals surface area contributed by atoms with Crippen LogP contribution in [-0.4, -0.2) is 33.6 Å². The molecule has 8 nitrogen and oxygen atoms in total. The molecule has 0 spiro atoms. The zero-order valence-corrected chi connectivity index (χ0v) is 21.5. The van der Waals surface area contributed by atoms with Gasteiger partial charge in [-0.25, -0.2) is 9.18 Å². The summed E-state index contributed by atoms with van der Waals surface area (Å²) in [6.07, 6.45) is 0.622. The van der Waals surface area contributed by atoms with E-state index in [2.05, 4.69) is 5.32 Å². The van der Waals surface area contributed by atoms with E-state index in [-0.39, 0.29) is 35.3 Å². The van der Waals surface area contributed by atoms with Crippen LogP contribution in [-0.2, 0) is 24.4 Å². The highest BCUT2D eigenvalue weighted by molar-refractivity contribution is 6.30. The van der Waals surface area contributed by atoms with Crippen LogP contribution in [0.1, 0.15) is 42.4 Å². The number of halogens is 2. The lowest BCUT2D eigenvalue weighted by Gasteiger charge is -2.31. The van der Waals surface area contributed by atoms with E-state index in [0.717, 1.165) is 5.56 Å². The van der Waals surface area contributed by atoms with E-state index in [1.807, 2.05) is 30.3 Å². The number of benzene rings is 2. The molecule has 0 bridgehead atoms. The fourth-order valence-corrected chi connectivity index (χ4v) is 4.09. The highest BCUT2D eigenvalue weighted by Gasteiger charge is 2.31. The number of amides is 2. The molecule has 37 heavy (non-hydrogen) atoms. The van der Waals surface area contributed by atoms with E-state index in [0.29, 0.717) is 18.7 Å². The molecule has 2 heterocycles. The molecule has 0 atom stereocenters. The van der Waals surface area contributed by atoms with Crippen molar-refractivity contribution in [2.45, 2.75) is 46.1 Å². The SMILES string of the molecule is CC(C)(C)OC(=O)Nc1cn2c(c(OCc3ccccc3)c1=O)C(=O)N(Cc1ccc(F)c(Cl)c1)CC2. The number of fused-ring (bicyclic) bond motifs is 1. The minimum atomic E-state index is -0.795. The number of hydrogen-bond acceptors (Lipinski definition) is 5. The lowest BCUT2D eigenvalue weighted by molar-refractivity contribution is 0.0635. The predicted molar refractivity (Wildman–Crippen MR) is 137 cm³/mol. The average Bonchev–Trinajstić information content (AvgIpc) is 2.83. The van der Waals surface area contributed by atoms with Gasteiger partial charge >= 0.3 is 6.09 Å². The lowest BCUT2D eigenvalue weighted by atomic mass is 10.1. The summed E-state index contributed by atoms with van der Waals surface area (Å²) >= 11 is 5.90. The number of pyridine rings is 1. The smallest absolute Gasteiger partial charge is 0.412 e. The summed E-state index contributed by atoms with van der Waals surface area (Å²) in [4.78, 5) is 40.9. The molecule has 0 aliphatic carbocycles. The van der Waals surface area contributed by atoms with Crippen molar-refractivity contribution >= 4 is 29.3 Å². The minimum Gasteiger partial charge on any atom is -0.482 e. The van der Waals surface area contributed by atoms with E-state index < -0.39 is 28.8 Å². The number of hydrogen-bond donors (Lipinski definition) is 1. The molecule has 1 aliphatic heterocycles. The summed E-state index contributed by atoms with van der Waals surface area (Å²) in [5, 5.41) is 2.44. The Morgan fingerprint density at radius 3 is 2.49 bits per heavy atom. The van der Waals surface area contributed by atoms with Gasteiger partial charge in [-0.2, -0.15) is 0 Å². The van der Waals surface area contributed by atoms with Gasteiger partial charge in [0.15, 0.2) is 11.4 Å². The Morgan fingerprint density at radius 2 is 1.81 bits per heavy atom. The first kappa shape index (κ1) is 26.2. The Labute approximate surface area is 218 Å². The van der Waals surface area contributed by atoms with Crippen molar-refractivity contribution in [2.75, 3.05) is 11.9 Å². The van der Waals surface area contributed by atoms with Gasteiger partial charge in [0.2, 0.25) is 5.43 Å². The van der Waals surface area contributed by atoms with Crippen LogP contribution in [0.2, 0.25) is 5.02 Å². The normalized spacial score (nSPS) is 13.2. The van der Waals surface area contributed by atoms with Gasteiger partial charge in [0.05, 0.1) is 5.02 Å². The number of ether oxygens (including phenoxy) is 2. The van der Waals surface area contributed by atoms with E-state index in [9.17, 15) is 18.8 Å². The first-order valence-electron chi connectivity index (χ1n) is 11.7. The number of carbonyl (C=O) groups excluding carboxylic acids is 2. The third kappa shape index (κ3) is 6.29. The molecule has 0 saturated carbocycles. The quantitative estimate of drug-likeness (QED) is 0.474. The first-order chi connectivity index (χ1) is 17.5. The predicted octanol–water partition coefficient (Wildman–Crippen LogP) is 5.22. The topological polar surface area (TPSA) is 89.9 Å².